The molecule has 8 rings (SSSR count). The van der Waals surface area contributed by atoms with E-state index in [9.17, 15) is 32.4 Å². The summed E-state index contributed by atoms with van der Waals surface area (Å²) in [5.74, 6) is -2.59. The third-order valence-corrected chi connectivity index (χ3v) is 14.7. The molecule has 0 unspecified atom stereocenters. The Bertz CT molecular complexity index is 2160. The fraction of sp³-hybridized carbons (Fsp3) is 0.610. The molecule has 3 heterocycles. The maximum absolute atomic E-state index is 14.9. The van der Waals surface area contributed by atoms with Crippen LogP contribution >= 0.6 is 0 Å². The summed E-state index contributed by atoms with van der Waals surface area (Å²) in [6, 6.07) is 3.28. The van der Waals surface area contributed by atoms with Crippen molar-refractivity contribution < 1.29 is 37.1 Å². The lowest BCUT2D eigenvalue weighted by molar-refractivity contribution is -0.142. The fourth-order valence-electron chi connectivity index (χ4n) is 9.35. The van der Waals surface area contributed by atoms with Crippen molar-refractivity contribution in [3.63, 3.8) is 0 Å². The summed E-state index contributed by atoms with van der Waals surface area (Å²) in [5, 5.41) is 5.51. The molecule has 2 aliphatic heterocycles. The summed E-state index contributed by atoms with van der Waals surface area (Å²) in [6.07, 6.45) is 11.9. The minimum absolute atomic E-state index is 0.0302. The van der Waals surface area contributed by atoms with Crippen LogP contribution in [0.3, 0.4) is 0 Å². The van der Waals surface area contributed by atoms with Crippen LogP contribution in [0.25, 0.3) is 10.9 Å². The van der Waals surface area contributed by atoms with Gasteiger partial charge >= 0.3 is 6.09 Å². The van der Waals surface area contributed by atoms with Gasteiger partial charge in [0.25, 0.3) is 17.5 Å². The first kappa shape index (κ1) is 39.1. The quantitative estimate of drug-likeness (QED) is 0.349. The highest BCUT2D eigenvalue weighted by Gasteiger charge is 2.62. The summed E-state index contributed by atoms with van der Waals surface area (Å²) in [6.45, 7) is 5.79. The van der Waals surface area contributed by atoms with Gasteiger partial charge in [0.1, 0.15) is 29.8 Å². The number of ether oxygens (including phenoxy) is 2. The van der Waals surface area contributed by atoms with E-state index >= 15 is 0 Å². The van der Waals surface area contributed by atoms with Crippen molar-refractivity contribution in [3.05, 3.63) is 58.9 Å². The van der Waals surface area contributed by atoms with Gasteiger partial charge in [0.15, 0.2) is 0 Å². The molecule has 7 atom stereocenters. The zero-order chi connectivity index (χ0) is 40.1. The van der Waals surface area contributed by atoms with Gasteiger partial charge in [-0.3, -0.25) is 28.5 Å². The number of benzene rings is 1. The fourth-order valence-corrected chi connectivity index (χ4v) is 10.7. The third kappa shape index (κ3) is 7.93. The Morgan fingerprint density at radius 3 is 2.51 bits per heavy atom. The Labute approximate surface area is 332 Å². The second-order valence-electron chi connectivity index (χ2n) is 16.8. The number of aryl methyl sites for hydroxylation is 1. The van der Waals surface area contributed by atoms with Crippen LogP contribution in [0.5, 0.6) is 6.01 Å². The predicted molar refractivity (Wildman–Crippen MR) is 209 cm³/mol. The Hall–Kier alpha value is -4.73. The van der Waals surface area contributed by atoms with E-state index in [1.54, 1.807) is 12.1 Å². The molecule has 0 spiro atoms. The van der Waals surface area contributed by atoms with Gasteiger partial charge in [0, 0.05) is 18.9 Å². The van der Waals surface area contributed by atoms with Crippen LogP contribution in [0.15, 0.2) is 47.8 Å². The maximum Gasteiger partial charge on any atom is 0.408 e. The first-order valence-electron chi connectivity index (χ1n) is 20.5. The number of nitrogens with one attached hydrogen (secondary N) is 3. The predicted octanol–water partition coefficient (Wildman–Crippen LogP) is 3.53. The first-order chi connectivity index (χ1) is 27.4. The van der Waals surface area contributed by atoms with Crippen molar-refractivity contribution in [2.45, 2.75) is 132 Å². The van der Waals surface area contributed by atoms with Crippen molar-refractivity contribution in [1.29, 1.82) is 0 Å². The minimum atomic E-state index is -3.92. The lowest BCUT2D eigenvalue weighted by Gasteiger charge is -2.32. The molecule has 4 saturated carbocycles. The van der Waals surface area contributed by atoms with Gasteiger partial charge in [-0.2, -0.15) is 4.98 Å². The van der Waals surface area contributed by atoms with E-state index < -0.39 is 68.7 Å². The SMILES string of the molecule is C=C[C@@H]1C[C@]1(NC(=O)[C@@H]1C[C@@H]2CN1C(=O)[C@H](C1CCCC1)NC(=O)O[C@@H]1CCC[C@H]1CC/C=C/Cn1c(nc3cc(C)ccc3c1=O)O2)C(=O)NS(=O)(=O)C1CC1. The summed E-state index contributed by atoms with van der Waals surface area (Å²) in [7, 11) is -3.92. The summed E-state index contributed by atoms with van der Waals surface area (Å²) in [5.41, 5.74) is -0.507. The number of fused-ring (bicyclic) bond motifs is 5. The van der Waals surface area contributed by atoms with Crippen LogP contribution in [0.1, 0.15) is 89.0 Å². The number of hydrogen-bond donors (Lipinski definition) is 3. The van der Waals surface area contributed by atoms with Gasteiger partial charge in [0.2, 0.25) is 21.8 Å². The van der Waals surface area contributed by atoms with Gasteiger partial charge in [-0.15, -0.1) is 6.58 Å². The molecule has 306 valence electrons. The Balaban J connectivity index is 1.15. The van der Waals surface area contributed by atoms with E-state index in [1.165, 1.54) is 15.5 Å². The minimum Gasteiger partial charge on any atom is -0.459 e. The van der Waals surface area contributed by atoms with Crippen LogP contribution in [0, 0.1) is 24.7 Å². The number of sulfonamides is 1. The number of allylic oxidation sites excluding steroid dienone is 2. The van der Waals surface area contributed by atoms with Crippen LogP contribution in [-0.2, 0) is 35.7 Å². The highest BCUT2D eigenvalue weighted by atomic mass is 32.2. The van der Waals surface area contributed by atoms with E-state index in [-0.39, 0.29) is 55.4 Å². The van der Waals surface area contributed by atoms with Crippen LogP contribution in [0.2, 0.25) is 0 Å². The molecule has 1 aromatic heterocycles. The Kier molecular flexibility index (Phi) is 10.7. The van der Waals surface area contributed by atoms with E-state index in [0.29, 0.717) is 43.0 Å². The van der Waals surface area contributed by atoms with E-state index in [1.807, 2.05) is 25.1 Å². The molecular weight excluding hydrogens is 753 g/mol. The number of alkyl carbamates (subject to hydrolysis) is 1. The molecule has 2 aromatic rings. The number of carbonyl (C=O) groups excluding carboxylic acids is 4. The number of hydrogen-bond acceptors (Lipinski definition) is 10. The summed E-state index contributed by atoms with van der Waals surface area (Å²) in [4.78, 5) is 76.7. The molecule has 6 aliphatic rings. The molecule has 5 fully saturated rings. The highest BCUT2D eigenvalue weighted by Crippen LogP contribution is 2.45. The average molecular weight is 805 g/mol. The first-order valence-corrected chi connectivity index (χ1v) is 22.0. The van der Waals surface area contributed by atoms with Crippen LogP contribution < -0.4 is 25.7 Å². The van der Waals surface area contributed by atoms with Gasteiger partial charge in [-0.05, 0) is 101 Å². The topological polar surface area (TPSA) is 195 Å². The van der Waals surface area contributed by atoms with Gasteiger partial charge < -0.3 is 25.0 Å². The largest absolute Gasteiger partial charge is 0.459 e. The van der Waals surface area contributed by atoms with Crippen molar-refractivity contribution in [2.75, 3.05) is 6.54 Å². The summed E-state index contributed by atoms with van der Waals surface area (Å²) >= 11 is 0. The summed E-state index contributed by atoms with van der Waals surface area (Å²) < 4.78 is 41.7. The molecule has 2 bridgehead atoms. The highest BCUT2D eigenvalue weighted by molar-refractivity contribution is 7.91. The molecular formula is C41H52N6O9S. The second-order valence-corrected chi connectivity index (χ2v) is 18.8. The van der Waals surface area contributed by atoms with Crippen LogP contribution in [0.4, 0.5) is 4.79 Å². The number of nitrogens with zero attached hydrogens (tertiary/aromatic N) is 3. The van der Waals surface area contributed by atoms with Crippen molar-refractivity contribution in [2.24, 2.45) is 17.8 Å². The molecule has 16 heteroatoms. The Morgan fingerprint density at radius 2 is 1.77 bits per heavy atom. The number of amides is 4. The van der Waals surface area contributed by atoms with Gasteiger partial charge in [0.05, 0.1) is 22.7 Å². The number of carbonyl (C=O) groups is 4. The normalized spacial score (nSPS) is 31.5. The molecule has 3 N–H and O–H groups in total. The van der Waals surface area contributed by atoms with Crippen molar-refractivity contribution in [1.82, 2.24) is 29.8 Å². The standard InChI is InChI=1S/C41H52N6O9S/c1-3-27-22-41(27,38(51)45-57(53,54)29-16-17-29)44-35(48)32-21-28-23-47(32)37(50)34(26-11-6-7-12-26)43-40(52)56-33-14-9-13-25(33)10-5-4-8-19-46-36(49)30-18-15-24(2)20-31(30)42-39(46)55-28/h3-4,8,15,18,20,25-29,32-34H,1,5-7,9-14,16-17,19,21-23H2,2H3,(H,43,52)(H,44,48)(H,45,51)/b8-4+/t25-,27-,28-,32+,33-,34+,41-/m1/s1. The lowest BCUT2D eigenvalue weighted by Crippen LogP contribution is -2.59. The molecule has 1 aromatic carbocycles. The second kappa shape index (κ2) is 15.6. The molecule has 4 aliphatic carbocycles. The van der Waals surface area contributed by atoms with E-state index in [2.05, 4.69) is 21.9 Å². The monoisotopic (exact) mass is 804 g/mol. The van der Waals surface area contributed by atoms with E-state index in [4.69, 9.17) is 14.5 Å². The molecule has 15 nitrogen and oxygen atoms in total. The van der Waals surface area contributed by atoms with Crippen molar-refractivity contribution >= 4 is 44.7 Å². The number of aromatic nitrogens is 2. The zero-order valence-corrected chi connectivity index (χ0v) is 33.1. The Morgan fingerprint density at radius 1 is 1.00 bits per heavy atom. The zero-order valence-electron chi connectivity index (χ0n) is 32.3. The molecule has 57 heavy (non-hydrogen) atoms. The molecule has 4 amide bonds. The third-order valence-electron chi connectivity index (χ3n) is 12.9. The maximum atomic E-state index is 14.9. The lowest BCUT2D eigenvalue weighted by atomic mass is 9.96. The van der Waals surface area contributed by atoms with Crippen LogP contribution in [-0.4, -0.2) is 88.3 Å². The smallest absolute Gasteiger partial charge is 0.408 e. The van der Waals surface area contributed by atoms with Gasteiger partial charge in [-0.25, -0.2) is 13.2 Å². The van der Waals surface area contributed by atoms with Crippen molar-refractivity contribution in [3.8, 4) is 6.01 Å². The van der Waals surface area contributed by atoms with E-state index in [0.717, 1.165) is 44.1 Å². The average Bonchev–Trinajstić information content (AvgIpc) is 3.96. The number of rotatable bonds is 7. The van der Waals surface area contributed by atoms with Gasteiger partial charge in [-0.1, -0.05) is 37.1 Å². The molecule has 1 saturated heterocycles. The molecule has 0 radical (unpaired) electrons.